The molecule has 7 unspecified atom stereocenters. The molecule has 1 heterocycles. The summed E-state index contributed by atoms with van der Waals surface area (Å²) in [6.07, 6.45) is 8.75. The number of hydrogen-bond acceptors (Lipinski definition) is 6. The molecule has 0 amide bonds. The van der Waals surface area contributed by atoms with Gasteiger partial charge in [-0.3, -0.25) is 4.79 Å². The number of hydrogen-bond donors (Lipinski definition) is 2. The van der Waals surface area contributed by atoms with E-state index in [-0.39, 0.29) is 34.8 Å². The predicted octanol–water partition coefficient (Wildman–Crippen LogP) is 4.24. The minimum absolute atomic E-state index is 0.115. The molecule has 3 fully saturated rings. The van der Waals surface area contributed by atoms with Crippen molar-refractivity contribution in [2.24, 2.45) is 34.3 Å². The minimum Gasteiger partial charge on any atom is -0.463 e. The molecule has 1 aromatic carbocycles. The number of carbonyl (C=O) groups is 1. The van der Waals surface area contributed by atoms with Gasteiger partial charge in [0.15, 0.2) is 6.61 Å². The van der Waals surface area contributed by atoms with Crippen LogP contribution in [0.1, 0.15) is 57.2 Å². The van der Waals surface area contributed by atoms with Crippen molar-refractivity contribution in [3.8, 4) is 5.69 Å². The van der Waals surface area contributed by atoms with Gasteiger partial charge in [-0.2, -0.15) is 5.10 Å². The van der Waals surface area contributed by atoms with Crippen LogP contribution in [-0.4, -0.2) is 51.3 Å². The van der Waals surface area contributed by atoms with Gasteiger partial charge in [-0.1, -0.05) is 37.6 Å². The van der Waals surface area contributed by atoms with Crippen LogP contribution in [0.2, 0.25) is 0 Å². The maximum atomic E-state index is 13.5. The van der Waals surface area contributed by atoms with Crippen molar-refractivity contribution in [1.82, 2.24) is 9.78 Å². The first-order valence-electron chi connectivity index (χ1n) is 13.7. The zero-order valence-corrected chi connectivity index (χ0v) is 23.2. The quantitative estimate of drug-likeness (QED) is 0.553. The molecule has 38 heavy (non-hydrogen) atoms. The van der Waals surface area contributed by atoms with Gasteiger partial charge in [-0.05, 0) is 97.7 Å². The molecule has 6 rings (SSSR count). The van der Waals surface area contributed by atoms with E-state index >= 15 is 0 Å². The molecule has 0 radical (unpaired) electrons. The van der Waals surface area contributed by atoms with E-state index < -0.39 is 17.1 Å². The summed E-state index contributed by atoms with van der Waals surface area (Å²) < 4.78 is 13.3. The van der Waals surface area contributed by atoms with Gasteiger partial charge < -0.3 is 20.3 Å². The zero-order chi connectivity index (χ0) is 26.9. The second kappa shape index (κ2) is 9.00. The van der Waals surface area contributed by atoms with Crippen LogP contribution < -0.4 is 5.73 Å². The van der Waals surface area contributed by atoms with Gasteiger partial charge in [0.25, 0.3) is 5.17 Å². The van der Waals surface area contributed by atoms with Gasteiger partial charge in [0.1, 0.15) is 5.60 Å². The fourth-order valence-corrected chi connectivity index (χ4v) is 9.10. The predicted molar refractivity (Wildman–Crippen MR) is 149 cm³/mol. The Hall–Kier alpha value is -2.55. The van der Waals surface area contributed by atoms with E-state index in [1.165, 1.54) is 11.1 Å². The number of thiocarbonyl (C=S) groups is 1. The summed E-state index contributed by atoms with van der Waals surface area (Å²) in [5.41, 5.74) is 8.56. The van der Waals surface area contributed by atoms with Crippen molar-refractivity contribution in [1.29, 1.82) is 0 Å². The maximum Gasteiger partial charge on any atom is 0.254 e. The van der Waals surface area contributed by atoms with Crippen molar-refractivity contribution >= 4 is 29.3 Å². The molecule has 7 atom stereocenters. The van der Waals surface area contributed by atoms with E-state index in [0.717, 1.165) is 37.1 Å². The van der Waals surface area contributed by atoms with Gasteiger partial charge in [0, 0.05) is 18.7 Å². The molecule has 0 bridgehead atoms. The second-order valence-electron chi connectivity index (χ2n) is 12.2. The van der Waals surface area contributed by atoms with Crippen molar-refractivity contribution in [3.05, 3.63) is 53.4 Å². The summed E-state index contributed by atoms with van der Waals surface area (Å²) in [5, 5.41) is 16.7. The number of allylic oxidation sites excluding steroid dienone is 1. The van der Waals surface area contributed by atoms with E-state index in [1.54, 1.807) is 7.11 Å². The van der Waals surface area contributed by atoms with Crippen molar-refractivity contribution in [2.75, 3.05) is 13.7 Å². The first-order chi connectivity index (χ1) is 18.1. The average Bonchev–Trinajstić information content (AvgIpc) is 3.43. The lowest BCUT2D eigenvalue weighted by molar-refractivity contribution is -0.188. The molecule has 8 heteroatoms. The third-order valence-corrected chi connectivity index (χ3v) is 10.8. The first kappa shape index (κ1) is 25.7. The second-order valence-corrected chi connectivity index (χ2v) is 12.6. The number of nitrogens with zero attached hydrogens (tertiary/aromatic N) is 2. The Kier molecular flexibility index (Phi) is 6.09. The number of aliphatic hydroxyl groups is 1. The molecule has 0 aliphatic heterocycles. The third-order valence-electron chi connectivity index (χ3n) is 10.6. The number of aromatic nitrogens is 2. The average molecular weight is 536 g/mol. The van der Waals surface area contributed by atoms with E-state index in [4.69, 9.17) is 32.5 Å². The molecular weight excluding hydrogens is 498 g/mol. The fourth-order valence-electron chi connectivity index (χ4n) is 9.04. The standard InChI is InChI=1S/C30H37N3O4S/c1-28-14-18-16-33(20-7-5-4-6-8-20)32-23(18)13-19(28)9-10-21-22-11-12-30(36-3,25(35)17-37-27(31)38)29(22,2)15-24(34)26(21)28/h4-8,13,16,21-22,24,26,34H,9-12,14-15,17H2,1-3H3,(H2,31,38). The molecule has 4 aliphatic rings. The number of fused-ring (bicyclic) bond motifs is 6. The molecule has 3 saturated carbocycles. The highest BCUT2D eigenvalue weighted by molar-refractivity contribution is 7.80. The van der Waals surface area contributed by atoms with Crippen LogP contribution in [-0.2, 0) is 20.7 Å². The minimum atomic E-state index is -1.01. The Balaban J connectivity index is 1.32. The molecule has 202 valence electrons. The number of benzene rings is 1. The van der Waals surface area contributed by atoms with Gasteiger partial charge in [-0.15, -0.1) is 0 Å². The molecule has 3 N–H and O–H groups in total. The number of rotatable bonds is 5. The SMILES string of the molecule is COC1(C(=O)COC(N)=S)CCC2C3CCC4=Cc5nn(-c6ccccc6)cc5CC4(C)C3C(O)CC21C. The number of carbonyl (C=O) groups excluding carboxylic acids is 1. The van der Waals surface area contributed by atoms with Crippen molar-refractivity contribution in [3.63, 3.8) is 0 Å². The number of aliphatic hydroxyl groups excluding tert-OH is 1. The largest absolute Gasteiger partial charge is 0.463 e. The Bertz CT molecular complexity index is 1310. The summed E-state index contributed by atoms with van der Waals surface area (Å²) in [7, 11) is 1.61. The van der Waals surface area contributed by atoms with Gasteiger partial charge in [0.2, 0.25) is 5.78 Å². The molecule has 7 nitrogen and oxygen atoms in total. The van der Waals surface area contributed by atoms with Crippen molar-refractivity contribution in [2.45, 2.75) is 64.1 Å². The molecular formula is C30H37N3O4S. The highest BCUT2D eigenvalue weighted by Crippen LogP contribution is 2.68. The monoisotopic (exact) mass is 535 g/mol. The van der Waals surface area contributed by atoms with Crippen LogP contribution in [0.15, 0.2) is 42.1 Å². The van der Waals surface area contributed by atoms with Gasteiger partial charge >= 0.3 is 0 Å². The summed E-state index contributed by atoms with van der Waals surface area (Å²) in [5.74, 6) is 0.556. The normalized spacial score (nSPS) is 37.3. The third kappa shape index (κ3) is 3.56. The van der Waals surface area contributed by atoms with E-state index in [1.807, 2.05) is 22.9 Å². The lowest BCUT2D eigenvalue weighted by Crippen LogP contribution is -2.62. The summed E-state index contributed by atoms with van der Waals surface area (Å²) in [4.78, 5) is 13.5. The Morgan fingerprint density at radius 3 is 2.74 bits per heavy atom. The topological polar surface area (TPSA) is 99.6 Å². The first-order valence-corrected chi connectivity index (χ1v) is 14.1. The van der Waals surface area contributed by atoms with Crippen LogP contribution in [0.4, 0.5) is 0 Å². The highest BCUT2D eigenvalue weighted by atomic mass is 32.1. The van der Waals surface area contributed by atoms with Crippen molar-refractivity contribution < 1.29 is 19.4 Å². The number of para-hydroxylation sites is 1. The van der Waals surface area contributed by atoms with Crippen LogP contribution in [0.5, 0.6) is 0 Å². The Morgan fingerprint density at radius 1 is 1.26 bits per heavy atom. The molecule has 2 aromatic rings. The molecule has 0 spiro atoms. The van der Waals surface area contributed by atoms with Crippen LogP contribution >= 0.6 is 12.2 Å². The summed E-state index contributed by atoms with van der Waals surface area (Å²) >= 11 is 4.83. The molecule has 1 aromatic heterocycles. The fraction of sp³-hybridized carbons (Fsp3) is 0.567. The van der Waals surface area contributed by atoms with Crippen LogP contribution in [0.3, 0.4) is 0 Å². The number of ether oxygens (including phenoxy) is 2. The van der Waals surface area contributed by atoms with E-state index in [0.29, 0.717) is 18.8 Å². The zero-order valence-electron chi connectivity index (χ0n) is 22.4. The lowest BCUT2D eigenvalue weighted by Gasteiger charge is -2.60. The highest BCUT2D eigenvalue weighted by Gasteiger charge is 2.69. The number of ketones is 1. The summed E-state index contributed by atoms with van der Waals surface area (Å²) in [6, 6.07) is 10.2. The molecule has 4 aliphatic carbocycles. The summed E-state index contributed by atoms with van der Waals surface area (Å²) in [6.45, 7) is 4.28. The Morgan fingerprint density at radius 2 is 2.03 bits per heavy atom. The Labute approximate surface area is 229 Å². The lowest BCUT2D eigenvalue weighted by atomic mass is 9.45. The van der Waals surface area contributed by atoms with E-state index in [9.17, 15) is 9.90 Å². The van der Waals surface area contributed by atoms with Crippen LogP contribution in [0.25, 0.3) is 11.8 Å². The van der Waals surface area contributed by atoms with E-state index in [2.05, 4.69) is 38.3 Å². The number of Topliss-reactive ketones (excluding diaryl/α,β-unsaturated/α-hetero) is 1. The number of methoxy groups -OCH3 is 1. The maximum absolute atomic E-state index is 13.5. The van der Waals surface area contributed by atoms with Gasteiger partial charge in [0.05, 0.1) is 17.5 Å². The molecule has 0 saturated heterocycles. The smallest absolute Gasteiger partial charge is 0.254 e. The number of nitrogens with two attached hydrogens (primary N) is 1. The van der Waals surface area contributed by atoms with Crippen LogP contribution in [0, 0.1) is 28.6 Å². The van der Waals surface area contributed by atoms with Gasteiger partial charge in [-0.25, -0.2) is 4.68 Å².